The highest BCUT2D eigenvalue weighted by atomic mass is 14.5. The molecule has 0 spiro atoms. The maximum absolute atomic E-state index is 2.47. The lowest BCUT2D eigenvalue weighted by Gasteiger charge is -2.42. The minimum Gasteiger partial charge on any atom is -0.0619 e. The fourth-order valence-corrected chi connectivity index (χ4v) is 8.82. The molecule has 4 aliphatic carbocycles. The lowest BCUT2D eigenvalue weighted by atomic mass is 9.61. The van der Waals surface area contributed by atoms with Crippen LogP contribution in [0.15, 0.2) is 109 Å². The maximum Gasteiger partial charge on any atom is 0.0182 e. The van der Waals surface area contributed by atoms with Gasteiger partial charge in [0.2, 0.25) is 0 Å². The standard InChI is InChI=1S/C38H30/c1-2-13-30-27(12-1)25-10-3-8-23(21-25)20-24-9-4-11-26(22-24)28-14-5-18-33-34-19-7-17-32-29-15-6-16-31(29)36(30)38(35(28)33)37(32)34/h1-5,7-14,17-19,21-22,29,31,36,38H,6,15-16,20H2. The average Bonchev–Trinajstić information content (AvgIpc) is 3.58. The first-order chi connectivity index (χ1) is 18.8. The summed E-state index contributed by atoms with van der Waals surface area (Å²) in [6, 6.07) is 42.4. The number of rotatable bonds is 0. The normalized spacial score (nSPS) is 23.4. The Morgan fingerprint density at radius 2 is 1.13 bits per heavy atom. The van der Waals surface area contributed by atoms with Crippen LogP contribution in [0.3, 0.4) is 0 Å². The lowest BCUT2D eigenvalue weighted by molar-refractivity contribution is 0.342. The molecule has 0 heteroatoms. The summed E-state index contributed by atoms with van der Waals surface area (Å²) in [5.74, 6) is 2.24. The van der Waals surface area contributed by atoms with E-state index in [0.29, 0.717) is 23.7 Å². The summed E-state index contributed by atoms with van der Waals surface area (Å²) in [6.07, 6.45) is 4.96. The van der Waals surface area contributed by atoms with Crippen LogP contribution in [0, 0.1) is 5.92 Å². The molecule has 4 aliphatic rings. The van der Waals surface area contributed by atoms with Crippen LogP contribution in [0.4, 0.5) is 0 Å². The molecule has 0 radical (unpaired) electrons. The summed E-state index contributed by atoms with van der Waals surface area (Å²) in [7, 11) is 0. The van der Waals surface area contributed by atoms with Gasteiger partial charge in [-0.1, -0.05) is 116 Å². The van der Waals surface area contributed by atoms with Crippen molar-refractivity contribution in [2.45, 2.75) is 43.4 Å². The van der Waals surface area contributed by atoms with E-state index in [1.807, 2.05) is 0 Å². The van der Waals surface area contributed by atoms with E-state index in [1.54, 1.807) is 22.3 Å². The molecule has 182 valence electrons. The van der Waals surface area contributed by atoms with Crippen LogP contribution in [-0.2, 0) is 6.42 Å². The molecule has 4 atom stereocenters. The van der Waals surface area contributed by atoms with Gasteiger partial charge in [0, 0.05) is 5.92 Å². The van der Waals surface area contributed by atoms with Crippen molar-refractivity contribution < 1.29 is 0 Å². The zero-order valence-electron chi connectivity index (χ0n) is 21.5. The first kappa shape index (κ1) is 21.1. The van der Waals surface area contributed by atoms with Crippen LogP contribution in [0.5, 0.6) is 0 Å². The van der Waals surface area contributed by atoms with Gasteiger partial charge in [-0.15, -0.1) is 0 Å². The smallest absolute Gasteiger partial charge is 0.0182 e. The number of hydrogen-bond donors (Lipinski definition) is 0. The highest BCUT2D eigenvalue weighted by Crippen LogP contribution is 2.66. The first-order valence-electron chi connectivity index (χ1n) is 14.4. The molecule has 0 heterocycles. The Kier molecular flexibility index (Phi) is 4.33. The summed E-state index contributed by atoms with van der Waals surface area (Å²) in [5, 5.41) is 0. The minimum absolute atomic E-state index is 0.403. The summed E-state index contributed by atoms with van der Waals surface area (Å²) in [5.41, 5.74) is 17.7. The van der Waals surface area contributed by atoms with Gasteiger partial charge in [0.05, 0.1) is 0 Å². The van der Waals surface area contributed by atoms with Crippen LogP contribution in [0.25, 0.3) is 33.4 Å². The van der Waals surface area contributed by atoms with Crippen LogP contribution >= 0.6 is 0 Å². The molecule has 5 aromatic carbocycles. The van der Waals surface area contributed by atoms with E-state index in [4.69, 9.17) is 0 Å². The fourth-order valence-electron chi connectivity index (χ4n) is 8.82. The third-order valence-corrected chi connectivity index (χ3v) is 10.2. The second kappa shape index (κ2) is 7.81. The van der Waals surface area contributed by atoms with E-state index >= 15 is 0 Å². The highest BCUT2D eigenvalue weighted by Gasteiger charge is 2.50. The van der Waals surface area contributed by atoms with Gasteiger partial charge in [0.1, 0.15) is 0 Å². The van der Waals surface area contributed by atoms with E-state index < -0.39 is 0 Å². The zero-order chi connectivity index (χ0) is 24.8. The second-order valence-electron chi connectivity index (χ2n) is 11.9. The molecule has 4 bridgehead atoms. The lowest BCUT2D eigenvalue weighted by Crippen LogP contribution is -2.29. The molecule has 0 aliphatic heterocycles. The predicted molar refractivity (Wildman–Crippen MR) is 157 cm³/mol. The van der Waals surface area contributed by atoms with Crippen molar-refractivity contribution >= 4 is 0 Å². The van der Waals surface area contributed by atoms with E-state index in [2.05, 4.69) is 109 Å². The quantitative estimate of drug-likeness (QED) is 0.204. The molecule has 5 aromatic rings. The molecule has 0 saturated heterocycles. The molecule has 9 rings (SSSR count). The van der Waals surface area contributed by atoms with Gasteiger partial charge in [-0.3, -0.25) is 0 Å². The Hall–Kier alpha value is -3.90. The SMILES string of the molecule is c1cc2cc(c1)-c1ccccc1C1C3c4c(cccc4-c4cccc(c43)C3CCCC31)-c1cccc(c1)C2. The average molecular weight is 487 g/mol. The summed E-state index contributed by atoms with van der Waals surface area (Å²) >= 11 is 0. The third kappa shape index (κ3) is 2.81. The van der Waals surface area contributed by atoms with Crippen molar-refractivity contribution in [1.82, 2.24) is 0 Å². The van der Waals surface area contributed by atoms with E-state index in [0.717, 1.165) is 6.42 Å². The number of benzene rings is 5. The molecule has 38 heavy (non-hydrogen) atoms. The monoisotopic (exact) mass is 486 g/mol. The van der Waals surface area contributed by atoms with E-state index in [-0.39, 0.29) is 0 Å². The molecular weight excluding hydrogens is 456 g/mol. The Morgan fingerprint density at radius 1 is 0.500 bits per heavy atom. The molecular formula is C38H30. The van der Waals surface area contributed by atoms with Crippen LogP contribution < -0.4 is 0 Å². The zero-order valence-corrected chi connectivity index (χ0v) is 21.5. The van der Waals surface area contributed by atoms with Crippen LogP contribution in [0.1, 0.15) is 70.4 Å². The number of hydrogen-bond acceptors (Lipinski definition) is 0. The van der Waals surface area contributed by atoms with Gasteiger partial charge in [-0.2, -0.15) is 0 Å². The van der Waals surface area contributed by atoms with Crippen LogP contribution in [0.2, 0.25) is 0 Å². The van der Waals surface area contributed by atoms with Crippen molar-refractivity contribution in [2.75, 3.05) is 0 Å². The predicted octanol–water partition coefficient (Wildman–Crippen LogP) is 9.72. The molecule has 1 fully saturated rings. The molecule has 4 unspecified atom stereocenters. The molecule has 0 nitrogen and oxygen atoms in total. The van der Waals surface area contributed by atoms with Gasteiger partial charge in [-0.05, 0) is 104 Å². The molecule has 0 aromatic heterocycles. The second-order valence-corrected chi connectivity index (χ2v) is 11.9. The topological polar surface area (TPSA) is 0 Å². The molecule has 0 N–H and O–H groups in total. The summed E-state index contributed by atoms with van der Waals surface area (Å²) in [6.45, 7) is 0. The molecule has 0 amide bonds. The Morgan fingerprint density at radius 3 is 1.97 bits per heavy atom. The third-order valence-electron chi connectivity index (χ3n) is 10.2. The van der Waals surface area contributed by atoms with Gasteiger partial charge in [0.25, 0.3) is 0 Å². The van der Waals surface area contributed by atoms with Gasteiger partial charge >= 0.3 is 0 Å². The van der Waals surface area contributed by atoms with Gasteiger partial charge < -0.3 is 0 Å². The Labute approximate surface area is 225 Å². The van der Waals surface area contributed by atoms with Gasteiger partial charge in [0.15, 0.2) is 0 Å². The molecule has 1 saturated carbocycles. The maximum atomic E-state index is 2.47. The van der Waals surface area contributed by atoms with Crippen molar-refractivity contribution in [3.8, 4) is 33.4 Å². The van der Waals surface area contributed by atoms with Gasteiger partial charge in [-0.25, -0.2) is 0 Å². The van der Waals surface area contributed by atoms with Crippen LogP contribution in [-0.4, -0.2) is 0 Å². The van der Waals surface area contributed by atoms with E-state index in [1.165, 1.54) is 63.8 Å². The fraction of sp³-hybridized carbons (Fsp3) is 0.211. The number of fused-ring (bicyclic) bond motifs is 12. The van der Waals surface area contributed by atoms with Crippen molar-refractivity contribution in [1.29, 1.82) is 0 Å². The van der Waals surface area contributed by atoms with Crippen molar-refractivity contribution in [3.63, 3.8) is 0 Å². The van der Waals surface area contributed by atoms with E-state index in [9.17, 15) is 0 Å². The summed E-state index contributed by atoms with van der Waals surface area (Å²) in [4.78, 5) is 0. The minimum atomic E-state index is 0.403. The Balaban J connectivity index is 1.43. The first-order valence-corrected chi connectivity index (χ1v) is 14.4. The highest BCUT2D eigenvalue weighted by molar-refractivity contribution is 5.89. The Bertz CT molecular complexity index is 1750. The largest absolute Gasteiger partial charge is 0.0619 e. The van der Waals surface area contributed by atoms with Crippen molar-refractivity contribution in [2.24, 2.45) is 5.92 Å². The summed E-state index contributed by atoms with van der Waals surface area (Å²) < 4.78 is 0. The van der Waals surface area contributed by atoms with Crippen molar-refractivity contribution in [3.05, 3.63) is 143 Å².